The predicted octanol–water partition coefficient (Wildman–Crippen LogP) is 1.10. The van der Waals surface area contributed by atoms with Gasteiger partial charge in [0.25, 0.3) is 0 Å². The van der Waals surface area contributed by atoms with E-state index in [9.17, 15) is 0 Å². The van der Waals surface area contributed by atoms with Gasteiger partial charge in [-0.25, -0.2) is 0 Å². The molecule has 13 heavy (non-hydrogen) atoms. The third-order valence-corrected chi connectivity index (χ3v) is 2.55. The molecule has 0 aliphatic rings. The van der Waals surface area contributed by atoms with Gasteiger partial charge in [-0.3, -0.25) is 0 Å². The van der Waals surface area contributed by atoms with Crippen LogP contribution in [0.15, 0.2) is 5.51 Å². The van der Waals surface area contributed by atoms with Crippen molar-refractivity contribution in [1.29, 1.82) is 0 Å². The van der Waals surface area contributed by atoms with Crippen LogP contribution in [0.25, 0.3) is 0 Å². The van der Waals surface area contributed by atoms with Crippen LogP contribution in [0.3, 0.4) is 0 Å². The molecule has 4 nitrogen and oxygen atoms in total. The number of hydrogen-bond donors (Lipinski definition) is 1. The number of aromatic nitrogens is 2. The molecule has 0 saturated heterocycles. The Hall–Kier alpha value is -0.680. The summed E-state index contributed by atoms with van der Waals surface area (Å²) in [6, 6.07) is 0.458. The molecule has 0 aromatic carbocycles. The smallest absolute Gasteiger partial charge is 0.208 e. The first-order chi connectivity index (χ1) is 6.25. The van der Waals surface area contributed by atoms with Crippen LogP contribution in [0.2, 0.25) is 0 Å². The zero-order valence-corrected chi connectivity index (χ0v) is 8.92. The van der Waals surface area contributed by atoms with E-state index in [2.05, 4.69) is 28.9 Å². The molecule has 0 radical (unpaired) electrons. The molecule has 5 heteroatoms. The highest BCUT2D eigenvalue weighted by molar-refractivity contribution is 7.13. The average molecular weight is 200 g/mol. The SMILES string of the molecule is CC(C)N(CCCN)c1nncs1. The first kappa shape index (κ1) is 10.4. The van der Waals surface area contributed by atoms with E-state index in [-0.39, 0.29) is 0 Å². The molecule has 1 aromatic rings. The van der Waals surface area contributed by atoms with Gasteiger partial charge in [-0.15, -0.1) is 10.2 Å². The van der Waals surface area contributed by atoms with Gasteiger partial charge in [0.1, 0.15) is 5.51 Å². The summed E-state index contributed by atoms with van der Waals surface area (Å²) in [5, 5.41) is 8.86. The Morgan fingerprint density at radius 3 is 2.85 bits per heavy atom. The van der Waals surface area contributed by atoms with Gasteiger partial charge in [-0.1, -0.05) is 11.3 Å². The second-order valence-electron chi connectivity index (χ2n) is 3.15. The Balaban J connectivity index is 2.58. The van der Waals surface area contributed by atoms with E-state index < -0.39 is 0 Å². The zero-order chi connectivity index (χ0) is 9.68. The minimum atomic E-state index is 0.458. The number of hydrogen-bond acceptors (Lipinski definition) is 5. The Morgan fingerprint density at radius 1 is 1.62 bits per heavy atom. The van der Waals surface area contributed by atoms with Crippen molar-refractivity contribution in [2.45, 2.75) is 26.3 Å². The molecule has 0 atom stereocenters. The second-order valence-corrected chi connectivity index (χ2v) is 3.96. The summed E-state index contributed by atoms with van der Waals surface area (Å²) in [7, 11) is 0. The molecule has 74 valence electrons. The highest BCUT2D eigenvalue weighted by Crippen LogP contribution is 2.18. The molecule has 0 fully saturated rings. The van der Waals surface area contributed by atoms with Crippen molar-refractivity contribution in [1.82, 2.24) is 10.2 Å². The monoisotopic (exact) mass is 200 g/mol. The largest absolute Gasteiger partial charge is 0.344 e. The fraction of sp³-hybridized carbons (Fsp3) is 0.750. The van der Waals surface area contributed by atoms with E-state index in [1.165, 1.54) is 0 Å². The van der Waals surface area contributed by atoms with Gasteiger partial charge in [0.2, 0.25) is 5.13 Å². The van der Waals surface area contributed by atoms with Crippen LogP contribution in [-0.4, -0.2) is 29.3 Å². The van der Waals surface area contributed by atoms with Crippen LogP contribution in [0, 0.1) is 0 Å². The third kappa shape index (κ3) is 2.93. The van der Waals surface area contributed by atoms with Crippen molar-refractivity contribution in [2.75, 3.05) is 18.0 Å². The van der Waals surface area contributed by atoms with Crippen LogP contribution < -0.4 is 10.6 Å². The molecule has 0 bridgehead atoms. The lowest BCUT2D eigenvalue weighted by Gasteiger charge is -2.25. The molecule has 0 spiro atoms. The van der Waals surface area contributed by atoms with E-state index in [0.29, 0.717) is 6.04 Å². The molecule has 0 amide bonds. The minimum Gasteiger partial charge on any atom is -0.344 e. The van der Waals surface area contributed by atoms with Gasteiger partial charge in [-0.2, -0.15) is 0 Å². The molecule has 2 N–H and O–H groups in total. The Labute approximate surface area is 82.8 Å². The predicted molar refractivity (Wildman–Crippen MR) is 56.1 cm³/mol. The zero-order valence-electron chi connectivity index (χ0n) is 8.10. The van der Waals surface area contributed by atoms with Crippen LogP contribution in [-0.2, 0) is 0 Å². The first-order valence-corrected chi connectivity index (χ1v) is 5.36. The van der Waals surface area contributed by atoms with Crippen LogP contribution in [0.5, 0.6) is 0 Å². The maximum atomic E-state index is 5.47. The average Bonchev–Trinajstić information content (AvgIpc) is 2.57. The lowest BCUT2D eigenvalue weighted by Crippen LogP contribution is -2.32. The lowest BCUT2D eigenvalue weighted by molar-refractivity contribution is 0.652. The molecular weight excluding hydrogens is 184 g/mol. The Morgan fingerprint density at radius 2 is 2.38 bits per heavy atom. The lowest BCUT2D eigenvalue weighted by atomic mass is 10.3. The highest BCUT2D eigenvalue weighted by Gasteiger charge is 2.12. The van der Waals surface area contributed by atoms with E-state index >= 15 is 0 Å². The van der Waals surface area contributed by atoms with E-state index in [1.54, 1.807) is 16.8 Å². The van der Waals surface area contributed by atoms with Crippen molar-refractivity contribution in [2.24, 2.45) is 5.73 Å². The van der Waals surface area contributed by atoms with Crippen molar-refractivity contribution < 1.29 is 0 Å². The summed E-state index contributed by atoms with van der Waals surface area (Å²) in [6.45, 7) is 5.99. The fourth-order valence-corrected chi connectivity index (χ4v) is 1.85. The fourth-order valence-electron chi connectivity index (χ4n) is 1.13. The minimum absolute atomic E-state index is 0.458. The summed E-state index contributed by atoms with van der Waals surface area (Å²) >= 11 is 1.57. The molecule has 0 aliphatic heterocycles. The van der Waals surface area contributed by atoms with Gasteiger partial charge in [-0.05, 0) is 26.8 Å². The molecule has 1 heterocycles. The molecule has 0 saturated carbocycles. The second kappa shape index (κ2) is 5.14. The normalized spacial score (nSPS) is 10.8. The number of anilines is 1. The maximum Gasteiger partial charge on any atom is 0.208 e. The van der Waals surface area contributed by atoms with E-state index in [0.717, 1.165) is 24.6 Å². The van der Waals surface area contributed by atoms with Gasteiger partial charge in [0.05, 0.1) is 0 Å². The van der Waals surface area contributed by atoms with Gasteiger partial charge >= 0.3 is 0 Å². The van der Waals surface area contributed by atoms with Crippen molar-refractivity contribution in [3.8, 4) is 0 Å². The van der Waals surface area contributed by atoms with Gasteiger partial charge in [0.15, 0.2) is 0 Å². The Kier molecular flexibility index (Phi) is 4.11. The summed E-state index contributed by atoms with van der Waals surface area (Å²) in [5.41, 5.74) is 7.23. The summed E-state index contributed by atoms with van der Waals surface area (Å²) in [6.07, 6.45) is 0.998. The van der Waals surface area contributed by atoms with Gasteiger partial charge < -0.3 is 10.6 Å². The summed E-state index contributed by atoms with van der Waals surface area (Å²) in [5.74, 6) is 0. The summed E-state index contributed by atoms with van der Waals surface area (Å²) in [4.78, 5) is 2.23. The van der Waals surface area contributed by atoms with E-state index in [4.69, 9.17) is 5.73 Å². The maximum absolute atomic E-state index is 5.47. The molecular formula is C8H16N4S. The standard InChI is InChI=1S/C8H16N4S/c1-7(2)12(5-3-4-9)8-11-10-6-13-8/h6-7H,3-5,9H2,1-2H3. The number of nitrogens with zero attached hydrogens (tertiary/aromatic N) is 3. The number of nitrogens with two attached hydrogens (primary N) is 1. The highest BCUT2D eigenvalue weighted by atomic mass is 32.1. The third-order valence-electron chi connectivity index (χ3n) is 1.82. The van der Waals surface area contributed by atoms with Crippen molar-refractivity contribution in [3.63, 3.8) is 0 Å². The van der Waals surface area contributed by atoms with Crippen LogP contribution in [0.1, 0.15) is 20.3 Å². The quantitative estimate of drug-likeness (QED) is 0.773. The molecule has 0 aliphatic carbocycles. The van der Waals surface area contributed by atoms with Crippen molar-refractivity contribution >= 4 is 16.5 Å². The summed E-state index contributed by atoms with van der Waals surface area (Å²) < 4.78 is 0. The van der Waals surface area contributed by atoms with Gasteiger partial charge in [0, 0.05) is 12.6 Å². The van der Waals surface area contributed by atoms with E-state index in [1.807, 2.05) is 0 Å². The molecule has 1 aromatic heterocycles. The topological polar surface area (TPSA) is 55.0 Å². The van der Waals surface area contributed by atoms with Crippen LogP contribution in [0.4, 0.5) is 5.13 Å². The van der Waals surface area contributed by atoms with Crippen LogP contribution >= 0.6 is 11.3 Å². The molecule has 0 unspecified atom stereocenters. The molecule has 1 rings (SSSR count). The Bertz CT molecular complexity index is 222. The number of rotatable bonds is 5. The first-order valence-electron chi connectivity index (χ1n) is 4.48. The van der Waals surface area contributed by atoms with Crippen molar-refractivity contribution in [3.05, 3.63) is 5.51 Å².